The van der Waals surface area contributed by atoms with Gasteiger partial charge in [0, 0.05) is 5.54 Å². The SMILES string of the molecule is CN(C)C1(c2ccccc2)CCC2(CC1)CN(c1cnc(O)nc1)C(=O)N2CC1(O)CCC1. The van der Waals surface area contributed by atoms with Crippen LogP contribution in [0.25, 0.3) is 0 Å². The molecular weight excluding hydrogens is 418 g/mol. The summed E-state index contributed by atoms with van der Waals surface area (Å²) < 4.78 is 0. The van der Waals surface area contributed by atoms with E-state index in [1.54, 1.807) is 4.90 Å². The maximum Gasteiger partial charge on any atom is 0.325 e. The lowest BCUT2D eigenvalue weighted by atomic mass is 9.67. The van der Waals surface area contributed by atoms with E-state index >= 15 is 0 Å². The maximum atomic E-state index is 13.7. The summed E-state index contributed by atoms with van der Waals surface area (Å²) in [6.45, 7) is 0.899. The number of amides is 2. The van der Waals surface area contributed by atoms with Crippen LogP contribution in [0.4, 0.5) is 10.5 Å². The Hall–Kier alpha value is -2.71. The molecule has 1 aromatic carbocycles. The number of β-amino-alcohol motifs (C(OH)–C–C–N with tert-alkyl or cyclic N) is 1. The first kappa shape index (κ1) is 22.1. The minimum absolute atomic E-state index is 0.0797. The number of nitrogens with zero attached hydrogens (tertiary/aromatic N) is 5. The largest absolute Gasteiger partial charge is 0.479 e. The fourth-order valence-electron chi connectivity index (χ4n) is 6.02. The van der Waals surface area contributed by atoms with E-state index in [1.165, 1.54) is 18.0 Å². The van der Waals surface area contributed by atoms with Gasteiger partial charge in [0.25, 0.3) is 0 Å². The molecule has 33 heavy (non-hydrogen) atoms. The molecule has 176 valence electrons. The van der Waals surface area contributed by atoms with Crippen molar-refractivity contribution in [1.29, 1.82) is 0 Å². The van der Waals surface area contributed by atoms with E-state index in [0.717, 1.165) is 44.9 Å². The number of anilines is 1. The Balaban J connectivity index is 1.46. The van der Waals surface area contributed by atoms with Gasteiger partial charge in [0.05, 0.1) is 42.3 Å². The quantitative estimate of drug-likeness (QED) is 0.726. The number of hydrogen-bond donors (Lipinski definition) is 2. The molecular formula is C25H33N5O3. The van der Waals surface area contributed by atoms with Gasteiger partial charge in [-0.2, -0.15) is 0 Å². The Bertz CT molecular complexity index is 998. The second kappa shape index (κ2) is 7.95. The topological polar surface area (TPSA) is 93.0 Å². The van der Waals surface area contributed by atoms with Crippen LogP contribution in [0.3, 0.4) is 0 Å². The van der Waals surface area contributed by atoms with E-state index < -0.39 is 5.60 Å². The minimum Gasteiger partial charge on any atom is -0.479 e. The van der Waals surface area contributed by atoms with Crippen molar-refractivity contribution in [2.45, 2.75) is 61.6 Å². The Labute approximate surface area is 194 Å². The van der Waals surface area contributed by atoms with Crippen LogP contribution in [-0.2, 0) is 5.54 Å². The van der Waals surface area contributed by atoms with E-state index in [4.69, 9.17) is 0 Å². The van der Waals surface area contributed by atoms with Crippen molar-refractivity contribution in [1.82, 2.24) is 19.8 Å². The van der Waals surface area contributed by atoms with Crippen LogP contribution in [0.1, 0.15) is 50.5 Å². The number of carbonyl (C=O) groups excluding carboxylic acids is 1. The van der Waals surface area contributed by atoms with Crippen molar-refractivity contribution in [3.8, 4) is 6.01 Å². The minimum atomic E-state index is -0.792. The zero-order chi connectivity index (χ0) is 23.3. The van der Waals surface area contributed by atoms with Gasteiger partial charge in [-0.1, -0.05) is 30.3 Å². The summed E-state index contributed by atoms with van der Waals surface area (Å²) in [5, 5.41) is 20.5. The summed E-state index contributed by atoms with van der Waals surface area (Å²) in [5.74, 6) is 0. The van der Waals surface area contributed by atoms with Gasteiger partial charge in [-0.05, 0) is 64.6 Å². The second-order valence-electron chi connectivity index (χ2n) is 10.3. The third-order valence-electron chi connectivity index (χ3n) is 8.33. The molecule has 3 fully saturated rings. The third kappa shape index (κ3) is 3.65. The van der Waals surface area contributed by atoms with Gasteiger partial charge in [-0.25, -0.2) is 14.8 Å². The molecule has 0 unspecified atom stereocenters. The highest BCUT2D eigenvalue weighted by atomic mass is 16.3. The standard InChI is InChI=1S/C25H33N5O3/c1-28(2)25(19-7-4-3-5-8-19)13-11-23(12-14-25)17-29(20-15-26-21(31)27-16-20)22(32)30(23)18-24(33)9-6-10-24/h3-5,7-8,15-16,33H,6,9-14,17-18H2,1-2H3,(H,26,27,31). The number of carbonyl (C=O) groups is 1. The second-order valence-corrected chi connectivity index (χ2v) is 10.3. The van der Waals surface area contributed by atoms with Crippen LogP contribution in [0.2, 0.25) is 0 Å². The monoisotopic (exact) mass is 451 g/mol. The molecule has 2 aromatic rings. The number of aliphatic hydroxyl groups is 1. The first-order valence-electron chi connectivity index (χ1n) is 11.8. The molecule has 8 nitrogen and oxygen atoms in total. The van der Waals surface area contributed by atoms with Crippen molar-refractivity contribution in [2.24, 2.45) is 0 Å². The lowest BCUT2D eigenvalue weighted by molar-refractivity contribution is -0.0725. The average Bonchev–Trinajstić information content (AvgIpc) is 3.06. The molecule has 2 saturated carbocycles. The first-order valence-corrected chi connectivity index (χ1v) is 11.8. The highest BCUT2D eigenvalue weighted by Gasteiger charge is 2.56. The molecule has 2 amide bonds. The maximum absolute atomic E-state index is 13.7. The van der Waals surface area contributed by atoms with Crippen LogP contribution in [0, 0.1) is 0 Å². The molecule has 0 radical (unpaired) electrons. The van der Waals surface area contributed by atoms with E-state index in [1.807, 2.05) is 11.0 Å². The summed E-state index contributed by atoms with van der Waals surface area (Å²) in [4.78, 5) is 27.4. The summed E-state index contributed by atoms with van der Waals surface area (Å²) in [5.41, 5.74) is 0.660. The zero-order valence-corrected chi connectivity index (χ0v) is 19.4. The average molecular weight is 452 g/mol. The number of urea groups is 1. The van der Waals surface area contributed by atoms with Gasteiger partial charge in [-0.15, -0.1) is 0 Å². The molecule has 1 saturated heterocycles. The van der Waals surface area contributed by atoms with Gasteiger partial charge in [0.2, 0.25) is 0 Å². The molecule has 2 aliphatic carbocycles. The van der Waals surface area contributed by atoms with Gasteiger partial charge in [0.1, 0.15) is 0 Å². The number of benzene rings is 1. The Morgan fingerprint density at radius 3 is 2.18 bits per heavy atom. The predicted molar refractivity (Wildman–Crippen MR) is 125 cm³/mol. The van der Waals surface area contributed by atoms with Crippen LogP contribution in [0.5, 0.6) is 6.01 Å². The summed E-state index contributed by atoms with van der Waals surface area (Å²) in [6.07, 6.45) is 8.99. The highest BCUT2D eigenvalue weighted by molar-refractivity contribution is 5.95. The van der Waals surface area contributed by atoms with Crippen molar-refractivity contribution >= 4 is 11.7 Å². The zero-order valence-electron chi connectivity index (χ0n) is 19.4. The normalized spacial score (nSPS) is 29.0. The Morgan fingerprint density at radius 2 is 1.64 bits per heavy atom. The molecule has 0 atom stereocenters. The van der Waals surface area contributed by atoms with Gasteiger partial charge < -0.3 is 15.1 Å². The fourth-order valence-corrected chi connectivity index (χ4v) is 6.02. The molecule has 3 aliphatic rings. The molecule has 0 bridgehead atoms. The molecule has 1 aliphatic heterocycles. The molecule has 8 heteroatoms. The van der Waals surface area contributed by atoms with Crippen LogP contribution >= 0.6 is 0 Å². The van der Waals surface area contributed by atoms with Crippen molar-refractivity contribution in [2.75, 3.05) is 32.1 Å². The van der Waals surface area contributed by atoms with Crippen molar-refractivity contribution in [3.05, 3.63) is 48.3 Å². The molecule has 5 rings (SSSR count). The number of hydrogen-bond acceptors (Lipinski definition) is 6. The van der Waals surface area contributed by atoms with E-state index in [-0.39, 0.29) is 23.1 Å². The van der Waals surface area contributed by atoms with Gasteiger partial charge in [0.15, 0.2) is 0 Å². The van der Waals surface area contributed by atoms with Crippen molar-refractivity contribution < 1.29 is 15.0 Å². The Kier molecular flexibility index (Phi) is 5.33. The summed E-state index contributed by atoms with van der Waals surface area (Å²) in [7, 11) is 4.28. The third-order valence-corrected chi connectivity index (χ3v) is 8.33. The molecule has 1 spiro atoms. The van der Waals surface area contributed by atoms with Crippen LogP contribution in [-0.4, -0.2) is 74.3 Å². The smallest absolute Gasteiger partial charge is 0.325 e. The number of rotatable bonds is 5. The van der Waals surface area contributed by atoms with Crippen molar-refractivity contribution in [3.63, 3.8) is 0 Å². The van der Waals surface area contributed by atoms with Crippen LogP contribution < -0.4 is 4.90 Å². The molecule has 2 heterocycles. The molecule has 1 aromatic heterocycles. The highest BCUT2D eigenvalue weighted by Crippen LogP contribution is 2.50. The van der Waals surface area contributed by atoms with E-state index in [0.29, 0.717) is 18.8 Å². The first-order chi connectivity index (χ1) is 15.8. The van der Waals surface area contributed by atoms with E-state index in [2.05, 4.69) is 53.2 Å². The van der Waals surface area contributed by atoms with Crippen LogP contribution in [0.15, 0.2) is 42.7 Å². The van der Waals surface area contributed by atoms with E-state index in [9.17, 15) is 15.0 Å². The lowest BCUT2D eigenvalue weighted by Crippen LogP contribution is -2.59. The van der Waals surface area contributed by atoms with Gasteiger partial charge in [-0.3, -0.25) is 9.80 Å². The summed E-state index contributed by atoms with van der Waals surface area (Å²) >= 11 is 0. The fraction of sp³-hybridized carbons (Fsp3) is 0.560. The number of aromatic nitrogens is 2. The predicted octanol–water partition coefficient (Wildman–Crippen LogP) is 3.11. The molecule has 2 N–H and O–H groups in total. The Morgan fingerprint density at radius 1 is 1.00 bits per heavy atom. The lowest BCUT2D eigenvalue weighted by Gasteiger charge is -2.52. The number of aromatic hydroxyl groups is 1. The summed E-state index contributed by atoms with van der Waals surface area (Å²) in [6, 6.07) is 10.2. The van der Waals surface area contributed by atoms with Gasteiger partial charge >= 0.3 is 12.0 Å².